The largest absolute Gasteiger partial charge is 0.493 e. The van der Waals surface area contributed by atoms with Crippen LogP contribution in [0, 0.1) is 25.2 Å². The number of ether oxygens (including phenoxy) is 2. The third-order valence-corrected chi connectivity index (χ3v) is 4.54. The zero-order valence-electron chi connectivity index (χ0n) is 16.0. The van der Waals surface area contributed by atoms with Crippen LogP contribution in [-0.4, -0.2) is 26.2 Å². The number of hydrogen-bond acceptors (Lipinski definition) is 4. The smallest absolute Gasteiger partial charge is 0.258 e. The molecule has 0 heterocycles. The maximum Gasteiger partial charge on any atom is 0.258 e. The van der Waals surface area contributed by atoms with Crippen molar-refractivity contribution in [1.29, 1.82) is 5.26 Å². The van der Waals surface area contributed by atoms with Gasteiger partial charge in [0.15, 0.2) is 11.5 Å². The summed E-state index contributed by atoms with van der Waals surface area (Å²) in [5.74, 6) is 0.553. The molecule has 0 aromatic heterocycles. The Morgan fingerprint density at radius 3 is 2.56 bits per heavy atom. The number of nitriles is 1. The quantitative estimate of drug-likeness (QED) is 0.677. The zero-order chi connectivity index (χ0) is 20.0. The molecule has 0 unspecified atom stereocenters. The van der Waals surface area contributed by atoms with Crippen molar-refractivity contribution < 1.29 is 14.3 Å². The molecular weight excluding hydrogens is 364 g/mol. The van der Waals surface area contributed by atoms with Gasteiger partial charge in [-0.15, -0.1) is 0 Å². The number of hydrogen-bond donors (Lipinski definition) is 0. The Balaban J connectivity index is 2.47. The minimum Gasteiger partial charge on any atom is -0.493 e. The van der Waals surface area contributed by atoms with Crippen molar-refractivity contribution in [3.63, 3.8) is 0 Å². The average molecular weight is 387 g/mol. The molecule has 0 aliphatic heterocycles. The van der Waals surface area contributed by atoms with E-state index in [0.717, 1.165) is 16.8 Å². The molecule has 0 spiro atoms. The van der Waals surface area contributed by atoms with E-state index in [0.29, 0.717) is 28.7 Å². The number of nitrogens with zero attached hydrogens (tertiary/aromatic N) is 2. The predicted octanol–water partition coefficient (Wildman–Crippen LogP) is 4.92. The first-order valence-electron chi connectivity index (χ1n) is 8.69. The number of carbonyl (C=O) groups is 1. The van der Waals surface area contributed by atoms with Gasteiger partial charge in [-0.1, -0.05) is 17.7 Å². The van der Waals surface area contributed by atoms with Gasteiger partial charge in [0.1, 0.15) is 0 Å². The van der Waals surface area contributed by atoms with Crippen molar-refractivity contribution in [3.8, 4) is 17.6 Å². The second kappa shape index (κ2) is 9.29. The van der Waals surface area contributed by atoms with Crippen molar-refractivity contribution in [2.24, 2.45) is 0 Å². The summed E-state index contributed by atoms with van der Waals surface area (Å²) in [5.41, 5.74) is 3.32. The first kappa shape index (κ1) is 20.6. The second-order valence-electron chi connectivity index (χ2n) is 6.06. The number of aryl methyl sites for hydroxylation is 2. The zero-order valence-corrected chi connectivity index (χ0v) is 16.8. The SMILES string of the molecule is CCOc1c(Cl)cc(C(=O)N(CCC#N)c2ccc(C)c(C)c2)cc1OC. The highest BCUT2D eigenvalue weighted by molar-refractivity contribution is 6.32. The fourth-order valence-corrected chi connectivity index (χ4v) is 2.95. The monoisotopic (exact) mass is 386 g/mol. The Hall–Kier alpha value is -2.71. The van der Waals surface area contributed by atoms with Crippen LogP contribution in [0.2, 0.25) is 5.02 Å². The van der Waals surface area contributed by atoms with Crippen LogP contribution in [0.1, 0.15) is 34.8 Å². The molecule has 5 nitrogen and oxygen atoms in total. The summed E-state index contributed by atoms with van der Waals surface area (Å²) in [6.07, 6.45) is 0.223. The molecule has 0 bridgehead atoms. The number of rotatable bonds is 7. The Bertz CT molecular complexity index is 874. The van der Waals surface area contributed by atoms with Gasteiger partial charge in [0.2, 0.25) is 0 Å². The van der Waals surface area contributed by atoms with E-state index < -0.39 is 0 Å². The van der Waals surface area contributed by atoms with E-state index in [1.807, 2.05) is 39.0 Å². The third-order valence-electron chi connectivity index (χ3n) is 4.26. The molecule has 0 radical (unpaired) electrons. The van der Waals surface area contributed by atoms with Crippen molar-refractivity contribution in [3.05, 3.63) is 52.0 Å². The predicted molar refractivity (Wildman–Crippen MR) is 107 cm³/mol. The van der Waals surface area contributed by atoms with Crippen molar-refractivity contribution in [2.45, 2.75) is 27.2 Å². The van der Waals surface area contributed by atoms with Gasteiger partial charge in [-0.25, -0.2) is 0 Å². The Labute approximate surface area is 165 Å². The molecule has 1 amide bonds. The van der Waals surface area contributed by atoms with Crippen LogP contribution in [0.5, 0.6) is 11.5 Å². The molecule has 2 aromatic carbocycles. The van der Waals surface area contributed by atoms with Gasteiger partial charge < -0.3 is 14.4 Å². The molecular formula is C21H23ClN2O3. The first-order chi connectivity index (χ1) is 12.9. The van der Waals surface area contributed by atoms with E-state index in [1.54, 1.807) is 17.0 Å². The number of carbonyl (C=O) groups excluding carboxylic acids is 1. The number of anilines is 1. The number of methoxy groups -OCH3 is 1. The lowest BCUT2D eigenvalue weighted by Crippen LogP contribution is -2.32. The maximum atomic E-state index is 13.2. The van der Waals surface area contributed by atoms with E-state index >= 15 is 0 Å². The molecule has 0 N–H and O–H groups in total. The van der Waals surface area contributed by atoms with Crippen LogP contribution in [-0.2, 0) is 0 Å². The molecule has 0 saturated heterocycles. The lowest BCUT2D eigenvalue weighted by atomic mass is 10.1. The topological polar surface area (TPSA) is 62.6 Å². The maximum absolute atomic E-state index is 13.2. The Morgan fingerprint density at radius 2 is 1.96 bits per heavy atom. The molecule has 0 aliphatic rings. The van der Waals surface area contributed by atoms with Gasteiger partial charge in [0, 0.05) is 17.8 Å². The molecule has 0 aliphatic carbocycles. The van der Waals surface area contributed by atoms with Gasteiger partial charge in [0.05, 0.1) is 31.2 Å². The van der Waals surface area contributed by atoms with Gasteiger partial charge in [-0.05, 0) is 56.2 Å². The molecule has 0 atom stereocenters. The summed E-state index contributed by atoms with van der Waals surface area (Å²) in [6, 6.07) is 11.1. The van der Waals surface area contributed by atoms with Gasteiger partial charge in [-0.3, -0.25) is 4.79 Å². The van der Waals surface area contributed by atoms with Crippen LogP contribution in [0.4, 0.5) is 5.69 Å². The minimum absolute atomic E-state index is 0.223. The lowest BCUT2D eigenvalue weighted by Gasteiger charge is -2.23. The highest BCUT2D eigenvalue weighted by Crippen LogP contribution is 2.37. The highest BCUT2D eigenvalue weighted by Gasteiger charge is 2.22. The van der Waals surface area contributed by atoms with E-state index in [1.165, 1.54) is 7.11 Å². The Kier molecular flexibility index (Phi) is 7.09. The van der Waals surface area contributed by atoms with Crippen molar-refractivity contribution in [1.82, 2.24) is 0 Å². The van der Waals surface area contributed by atoms with Crippen molar-refractivity contribution in [2.75, 3.05) is 25.2 Å². The molecule has 2 rings (SSSR count). The summed E-state index contributed by atoms with van der Waals surface area (Å²) in [4.78, 5) is 14.8. The van der Waals surface area contributed by atoms with Crippen LogP contribution < -0.4 is 14.4 Å². The molecule has 6 heteroatoms. The standard InChI is InChI=1S/C21H23ClN2O3/c1-5-27-20-18(22)12-16(13-19(20)26-4)21(25)24(10-6-9-23)17-8-7-14(2)15(3)11-17/h7-8,11-13H,5-6,10H2,1-4H3. The highest BCUT2D eigenvalue weighted by atomic mass is 35.5. The van der Waals surface area contributed by atoms with Gasteiger partial charge in [0.25, 0.3) is 5.91 Å². The fourth-order valence-electron chi connectivity index (χ4n) is 2.69. The summed E-state index contributed by atoms with van der Waals surface area (Å²) in [5, 5.41) is 9.29. The summed E-state index contributed by atoms with van der Waals surface area (Å²) >= 11 is 6.31. The summed E-state index contributed by atoms with van der Waals surface area (Å²) in [7, 11) is 1.50. The second-order valence-corrected chi connectivity index (χ2v) is 6.46. The van der Waals surface area contributed by atoms with E-state index in [-0.39, 0.29) is 18.9 Å². The number of halogens is 1. The van der Waals surface area contributed by atoms with E-state index in [2.05, 4.69) is 6.07 Å². The number of benzene rings is 2. The van der Waals surface area contributed by atoms with Crippen molar-refractivity contribution >= 4 is 23.2 Å². The molecule has 2 aromatic rings. The van der Waals surface area contributed by atoms with E-state index in [9.17, 15) is 4.79 Å². The summed E-state index contributed by atoms with van der Waals surface area (Å²) in [6.45, 7) is 6.56. The van der Waals surface area contributed by atoms with E-state index in [4.69, 9.17) is 26.3 Å². The third kappa shape index (κ3) is 4.72. The van der Waals surface area contributed by atoms with Crippen LogP contribution >= 0.6 is 11.6 Å². The molecule has 0 fully saturated rings. The summed E-state index contributed by atoms with van der Waals surface area (Å²) < 4.78 is 10.8. The normalized spacial score (nSPS) is 10.2. The van der Waals surface area contributed by atoms with Gasteiger partial charge in [-0.2, -0.15) is 5.26 Å². The average Bonchev–Trinajstić information content (AvgIpc) is 2.66. The number of amides is 1. The lowest BCUT2D eigenvalue weighted by molar-refractivity contribution is 0.0987. The van der Waals surface area contributed by atoms with Crippen LogP contribution in [0.3, 0.4) is 0 Å². The first-order valence-corrected chi connectivity index (χ1v) is 9.07. The Morgan fingerprint density at radius 1 is 1.22 bits per heavy atom. The molecule has 27 heavy (non-hydrogen) atoms. The van der Waals surface area contributed by atoms with Gasteiger partial charge >= 0.3 is 0 Å². The van der Waals surface area contributed by atoms with Crippen LogP contribution in [0.15, 0.2) is 30.3 Å². The minimum atomic E-state index is -0.253. The molecule has 0 saturated carbocycles. The van der Waals surface area contributed by atoms with Crippen LogP contribution in [0.25, 0.3) is 0 Å². The molecule has 142 valence electrons. The fraction of sp³-hybridized carbons (Fsp3) is 0.333.